The first kappa shape index (κ1) is 17.4. The van der Waals surface area contributed by atoms with Gasteiger partial charge in [-0.25, -0.2) is 9.78 Å². The minimum Gasteiger partial charge on any atom is -0.451 e. The van der Waals surface area contributed by atoms with Crippen LogP contribution in [-0.2, 0) is 9.53 Å². The van der Waals surface area contributed by atoms with Crippen LogP contribution >= 0.6 is 11.3 Å². The van der Waals surface area contributed by atoms with Gasteiger partial charge in [-0.1, -0.05) is 20.8 Å². The molecule has 0 saturated carbocycles. The second-order valence-corrected chi connectivity index (χ2v) is 5.93. The summed E-state index contributed by atoms with van der Waals surface area (Å²) in [6.07, 6.45) is 1.88. The summed E-state index contributed by atoms with van der Waals surface area (Å²) in [6.45, 7) is 7.38. The number of amides is 1. The Kier molecular flexibility index (Phi) is 7.74. The molecule has 0 fully saturated rings. The number of anilines is 1. The lowest BCUT2D eigenvalue weighted by atomic mass is 10.1. The van der Waals surface area contributed by atoms with Gasteiger partial charge in [-0.15, -0.1) is 11.3 Å². The van der Waals surface area contributed by atoms with E-state index in [2.05, 4.69) is 29.5 Å². The maximum Gasteiger partial charge on any atom is 0.358 e. The van der Waals surface area contributed by atoms with Crippen molar-refractivity contribution in [3.05, 3.63) is 11.1 Å². The predicted molar refractivity (Wildman–Crippen MR) is 83.6 cm³/mol. The third-order valence-corrected chi connectivity index (χ3v) is 3.42. The molecule has 0 bridgehead atoms. The number of nitrogens with zero attached hydrogens (tertiary/aromatic N) is 1. The number of esters is 1. The Bertz CT molecular complexity index is 460. The minimum absolute atomic E-state index is 0.232. The van der Waals surface area contributed by atoms with Crippen LogP contribution in [0.15, 0.2) is 5.38 Å². The van der Waals surface area contributed by atoms with Gasteiger partial charge in [0, 0.05) is 18.5 Å². The van der Waals surface area contributed by atoms with Crippen LogP contribution in [0.1, 0.15) is 44.1 Å². The average Bonchev–Trinajstić information content (AvgIpc) is 2.91. The second kappa shape index (κ2) is 9.33. The summed E-state index contributed by atoms with van der Waals surface area (Å²) in [6, 6.07) is 0. The number of thiazole rings is 1. The van der Waals surface area contributed by atoms with E-state index in [1.807, 2.05) is 6.92 Å². The van der Waals surface area contributed by atoms with Crippen LogP contribution < -0.4 is 10.6 Å². The Balaban J connectivity index is 2.34. The van der Waals surface area contributed by atoms with Gasteiger partial charge in [-0.3, -0.25) is 4.79 Å². The first-order valence-electron chi connectivity index (χ1n) is 7.16. The molecule has 0 aromatic carbocycles. The van der Waals surface area contributed by atoms with Crippen LogP contribution in [-0.4, -0.2) is 36.6 Å². The Morgan fingerprint density at radius 2 is 2.14 bits per heavy atom. The van der Waals surface area contributed by atoms with E-state index >= 15 is 0 Å². The molecule has 1 aromatic heterocycles. The van der Waals surface area contributed by atoms with E-state index in [0.717, 1.165) is 19.4 Å². The predicted octanol–water partition coefficient (Wildman–Crippen LogP) is 2.28. The Morgan fingerprint density at radius 1 is 1.38 bits per heavy atom. The summed E-state index contributed by atoms with van der Waals surface area (Å²) in [5, 5.41) is 8.12. The summed E-state index contributed by atoms with van der Waals surface area (Å²) in [5.41, 5.74) is 0.232. The van der Waals surface area contributed by atoms with E-state index in [-0.39, 0.29) is 18.2 Å². The Morgan fingerprint density at radius 3 is 2.81 bits per heavy atom. The van der Waals surface area contributed by atoms with Crippen molar-refractivity contribution in [3.8, 4) is 0 Å². The summed E-state index contributed by atoms with van der Waals surface area (Å²) in [7, 11) is 0. The summed E-state index contributed by atoms with van der Waals surface area (Å²) in [5.74, 6) is -0.256. The number of hydrogen-bond acceptors (Lipinski definition) is 6. The number of carbonyl (C=O) groups excluding carboxylic acids is 2. The van der Waals surface area contributed by atoms with Gasteiger partial charge in [-0.2, -0.15) is 0 Å². The molecule has 7 heteroatoms. The molecule has 6 nitrogen and oxygen atoms in total. The molecule has 21 heavy (non-hydrogen) atoms. The first-order chi connectivity index (χ1) is 10.0. The van der Waals surface area contributed by atoms with Crippen molar-refractivity contribution >= 4 is 28.3 Å². The third-order valence-electron chi connectivity index (χ3n) is 2.62. The molecule has 0 atom stereocenters. The van der Waals surface area contributed by atoms with Crippen molar-refractivity contribution in [2.75, 3.05) is 25.0 Å². The molecule has 0 unspecified atom stereocenters. The van der Waals surface area contributed by atoms with Gasteiger partial charge in [0.15, 0.2) is 17.4 Å². The fourth-order valence-electron chi connectivity index (χ4n) is 1.44. The van der Waals surface area contributed by atoms with Crippen LogP contribution in [0, 0.1) is 5.92 Å². The van der Waals surface area contributed by atoms with Crippen molar-refractivity contribution in [3.63, 3.8) is 0 Å². The fourth-order valence-corrected chi connectivity index (χ4v) is 2.15. The summed E-state index contributed by atoms with van der Waals surface area (Å²) >= 11 is 1.35. The van der Waals surface area contributed by atoms with Crippen molar-refractivity contribution in [2.45, 2.75) is 33.6 Å². The second-order valence-electron chi connectivity index (χ2n) is 5.07. The standard InChI is InChI=1S/C14H23N3O3S/c1-4-6-15-12(18)8-20-13(19)11-9-21-14(17-11)16-7-5-10(2)3/h9-10H,4-8H2,1-3H3,(H,15,18)(H,16,17). The monoisotopic (exact) mass is 313 g/mol. The zero-order valence-electron chi connectivity index (χ0n) is 12.8. The molecular weight excluding hydrogens is 290 g/mol. The maximum atomic E-state index is 11.7. The highest BCUT2D eigenvalue weighted by Crippen LogP contribution is 2.16. The Labute approximate surface area is 129 Å². The highest BCUT2D eigenvalue weighted by atomic mass is 32.1. The minimum atomic E-state index is -0.574. The number of carbonyl (C=O) groups is 2. The molecule has 0 spiro atoms. The summed E-state index contributed by atoms with van der Waals surface area (Å²) < 4.78 is 4.91. The normalized spacial score (nSPS) is 10.5. The van der Waals surface area contributed by atoms with Gasteiger partial charge < -0.3 is 15.4 Å². The molecule has 0 aliphatic rings. The topological polar surface area (TPSA) is 80.3 Å². The van der Waals surface area contributed by atoms with E-state index < -0.39 is 5.97 Å². The molecule has 118 valence electrons. The van der Waals surface area contributed by atoms with Gasteiger partial charge in [0.2, 0.25) is 0 Å². The highest BCUT2D eigenvalue weighted by Gasteiger charge is 2.13. The number of ether oxygens (including phenoxy) is 1. The molecule has 1 heterocycles. The number of rotatable bonds is 9. The van der Waals surface area contributed by atoms with Crippen molar-refractivity contribution in [2.24, 2.45) is 5.92 Å². The molecule has 0 saturated heterocycles. The smallest absolute Gasteiger partial charge is 0.358 e. The van der Waals surface area contributed by atoms with Crippen molar-refractivity contribution < 1.29 is 14.3 Å². The average molecular weight is 313 g/mol. The van der Waals surface area contributed by atoms with E-state index in [1.165, 1.54) is 11.3 Å². The SMILES string of the molecule is CCCNC(=O)COC(=O)c1csc(NCCC(C)C)n1. The lowest BCUT2D eigenvalue weighted by Crippen LogP contribution is -2.29. The molecular formula is C14H23N3O3S. The molecule has 1 rings (SSSR count). The lowest BCUT2D eigenvalue weighted by Gasteiger charge is -2.05. The highest BCUT2D eigenvalue weighted by molar-refractivity contribution is 7.13. The van der Waals surface area contributed by atoms with Crippen LogP contribution in [0.4, 0.5) is 5.13 Å². The Hall–Kier alpha value is -1.63. The third kappa shape index (κ3) is 7.08. The largest absolute Gasteiger partial charge is 0.451 e. The molecule has 2 N–H and O–H groups in total. The van der Waals surface area contributed by atoms with Crippen LogP contribution in [0.25, 0.3) is 0 Å². The molecule has 0 aliphatic heterocycles. The van der Waals surface area contributed by atoms with Gasteiger partial charge in [0.1, 0.15) is 0 Å². The van der Waals surface area contributed by atoms with Crippen LogP contribution in [0.2, 0.25) is 0 Å². The molecule has 1 amide bonds. The van der Waals surface area contributed by atoms with Crippen LogP contribution in [0.3, 0.4) is 0 Å². The summed E-state index contributed by atoms with van der Waals surface area (Å²) in [4.78, 5) is 27.2. The van der Waals surface area contributed by atoms with E-state index in [9.17, 15) is 9.59 Å². The lowest BCUT2D eigenvalue weighted by molar-refractivity contribution is -0.124. The van der Waals surface area contributed by atoms with Gasteiger partial charge >= 0.3 is 5.97 Å². The number of hydrogen-bond donors (Lipinski definition) is 2. The van der Waals surface area contributed by atoms with E-state index in [1.54, 1.807) is 5.38 Å². The molecule has 1 aromatic rings. The van der Waals surface area contributed by atoms with Gasteiger partial charge in [-0.05, 0) is 18.8 Å². The molecule has 0 aliphatic carbocycles. The fraction of sp³-hybridized carbons (Fsp3) is 0.643. The number of aromatic nitrogens is 1. The first-order valence-corrected chi connectivity index (χ1v) is 8.04. The quantitative estimate of drug-likeness (QED) is 0.684. The zero-order chi connectivity index (χ0) is 15.7. The zero-order valence-corrected chi connectivity index (χ0v) is 13.6. The van der Waals surface area contributed by atoms with E-state index in [4.69, 9.17) is 4.74 Å². The molecule has 0 radical (unpaired) electrons. The maximum absolute atomic E-state index is 11.7. The van der Waals surface area contributed by atoms with Crippen molar-refractivity contribution in [1.29, 1.82) is 0 Å². The van der Waals surface area contributed by atoms with Gasteiger partial charge in [0.05, 0.1) is 0 Å². The van der Waals surface area contributed by atoms with Crippen molar-refractivity contribution in [1.82, 2.24) is 10.3 Å². The van der Waals surface area contributed by atoms with E-state index in [0.29, 0.717) is 17.6 Å². The number of nitrogens with one attached hydrogen (secondary N) is 2. The van der Waals surface area contributed by atoms with Crippen LogP contribution in [0.5, 0.6) is 0 Å². The van der Waals surface area contributed by atoms with Gasteiger partial charge in [0.25, 0.3) is 5.91 Å².